The Labute approximate surface area is 194 Å². The van der Waals surface area contributed by atoms with Crippen molar-refractivity contribution >= 4 is 27.5 Å². The molecule has 2 heterocycles. The van der Waals surface area contributed by atoms with Gasteiger partial charge < -0.3 is 15.0 Å². The number of benzene rings is 2. The van der Waals surface area contributed by atoms with Crippen LogP contribution < -0.4 is 10.0 Å². The number of carbonyl (C=O) groups excluding carboxylic acids is 2. The third kappa shape index (κ3) is 5.98. The van der Waals surface area contributed by atoms with Gasteiger partial charge in [0.15, 0.2) is 0 Å². The largest absolute Gasteiger partial charge is 0.377 e. The number of amides is 2. The van der Waals surface area contributed by atoms with Crippen molar-refractivity contribution in [2.75, 3.05) is 31.6 Å². The summed E-state index contributed by atoms with van der Waals surface area (Å²) in [6.45, 7) is 1.87. The summed E-state index contributed by atoms with van der Waals surface area (Å²) in [4.78, 5) is 27.2. The van der Waals surface area contributed by atoms with E-state index in [9.17, 15) is 18.0 Å². The smallest absolute Gasteiger partial charge is 0.253 e. The first-order chi connectivity index (χ1) is 15.9. The third-order valence-corrected chi connectivity index (χ3v) is 7.57. The zero-order valence-corrected chi connectivity index (χ0v) is 19.2. The molecule has 2 aromatic rings. The van der Waals surface area contributed by atoms with Gasteiger partial charge in [0.2, 0.25) is 15.9 Å². The number of sulfonamides is 1. The maximum absolute atomic E-state index is 12.9. The predicted octanol–water partition coefficient (Wildman–Crippen LogP) is 2.63. The standard InChI is InChI=1S/C24H29N3O5S/c28-23(26-20-5-2-1-3-6-20)18-12-14-27(15-13-18)24(29)19-8-10-22(11-9-19)33(30,31)25-17-21-7-4-16-32-21/h1-3,5-6,8-11,18,21,25H,4,7,12-17H2,(H,26,28)/t21-/m0/s1. The van der Waals surface area contributed by atoms with Crippen LogP contribution in [0.4, 0.5) is 5.69 Å². The Bertz CT molecular complexity index is 1060. The van der Waals surface area contributed by atoms with E-state index in [0.717, 1.165) is 18.5 Å². The second-order valence-corrected chi connectivity index (χ2v) is 10.2. The van der Waals surface area contributed by atoms with Gasteiger partial charge in [-0.2, -0.15) is 0 Å². The van der Waals surface area contributed by atoms with E-state index in [2.05, 4.69) is 10.0 Å². The van der Waals surface area contributed by atoms with Gasteiger partial charge in [-0.15, -0.1) is 0 Å². The molecular weight excluding hydrogens is 442 g/mol. The van der Waals surface area contributed by atoms with Crippen molar-refractivity contribution in [3.8, 4) is 0 Å². The van der Waals surface area contributed by atoms with Gasteiger partial charge in [-0.1, -0.05) is 18.2 Å². The molecule has 8 nitrogen and oxygen atoms in total. The van der Waals surface area contributed by atoms with E-state index in [1.807, 2.05) is 30.3 Å². The Morgan fingerprint density at radius 1 is 0.970 bits per heavy atom. The molecule has 2 aliphatic rings. The molecule has 176 valence electrons. The monoisotopic (exact) mass is 471 g/mol. The Morgan fingerprint density at radius 2 is 1.67 bits per heavy atom. The van der Waals surface area contributed by atoms with Crippen molar-refractivity contribution in [1.29, 1.82) is 0 Å². The highest BCUT2D eigenvalue weighted by atomic mass is 32.2. The summed E-state index contributed by atoms with van der Waals surface area (Å²) in [5, 5.41) is 2.92. The van der Waals surface area contributed by atoms with Crippen LogP contribution in [-0.4, -0.2) is 57.5 Å². The molecule has 0 aliphatic carbocycles. The molecule has 4 rings (SSSR count). The first-order valence-electron chi connectivity index (χ1n) is 11.3. The average molecular weight is 472 g/mol. The molecule has 0 unspecified atom stereocenters. The maximum atomic E-state index is 12.9. The Hall–Kier alpha value is -2.75. The number of nitrogens with one attached hydrogen (secondary N) is 2. The fourth-order valence-corrected chi connectivity index (χ4v) is 5.23. The molecule has 0 bridgehead atoms. The van der Waals surface area contributed by atoms with Crippen LogP contribution in [0.5, 0.6) is 0 Å². The highest BCUT2D eigenvalue weighted by Crippen LogP contribution is 2.22. The summed E-state index contributed by atoms with van der Waals surface area (Å²) in [6.07, 6.45) is 2.88. The van der Waals surface area contributed by atoms with Crippen molar-refractivity contribution < 1.29 is 22.7 Å². The van der Waals surface area contributed by atoms with Gasteiger partial charge in [0, 0.05) is 43.4 Å². The van der Waals surface area contributed by atoms with Crippen LogP contribution >= 0.6 is 0 Å². The van der Waals surface area contributed by atoms with Crippen molar-refractivity contribution in [2.45, 2.75) is 36.7 Å². The predicted molar refractivity (Wildman–Crippen MR) is 124 cm³/mol. The normalized spacial score (nSPS) is 19.4. The van der Waals surface area contributed by atoms with E-state index in [1.165, 1.54) is 24.3 Å². The summed E-state index contributed by atoms with van der Waals surface area (Å²) in [5.41, 5.74) is 1.20. The minimum absolute atomic E-state index is 0.0293. The Morgan fingerprint density at radius 3 is 2.30 bits per heavy atom. The minimum Gasteiger partial charge on any atom is -0.377 e. The zero-order valence-electron chi connectivity index (χ0n) is 18.4. The van der Waals surface area contributed by atoms with Gasteiger partial charge >= 0.3 is 0 Å². The van der Waals surface area contributed by atoms with Crippen LogP contribution in [0.15, 0.2) is 59.5 Å². The average Bonchev–Trinajstić information content (AvgIpc) is 3.37. The van der Waals surface area contributed by atoms with Crippen LogP contribution in [0.1, 0.15) is 36.0 Å². The Balaban J connectivity index is 1.29. The number of para-hydroxylation sites is 1. The van der Waals surface area contributed by atoms with Crippen LogP contribution in [0.3, 0.4) is 0 Å². The van der Waals surface area contributed by atoms with Crippen molar-refractivity contribution in [3.63, 3.8) is 0 Å². The van der Waals surface area contributed by atoms with Gasteiger partial charge in [-0.05, 0) is 62.1 Å². The third-order valence-electron chi connectivity index (χ3n) is 6.13. The number of hydrogen-bond acceptors (Lipinski definition) is 5. The molecule has 2 amide bonds. The fourth-order valence-electron chi connectivity index (χ4n) is 4.16. The lowest BCUT2D eigenvalue weighted by Gasteiger charge is -2.31. The lowest BCUT2D eigenvalue weighted by molar-refractivity contribution is -0.121. The van der Waals surface area contributed by atoms with Gasteiger partial charge in [0.05, 0.1) is 11.0 Å². The van der Waals surface area contributed by atoms with Crippen LogP contribution in [-0.2, 0) is 19.6 Å². The van der Waals surface area contributed by atoms with E-state index >= 15 is 0 Å². The summed E-state index contributed by atoms with van der Waals surface area (Å²) in [7, 11) is -3.66. The van der Waals surface area contributed by atoms with Gasteiger partial charge in [0.25, 0.3) is 5.91 Å². The van der Waals surface area contributed by atoms with E-state index in [-0.39, 0.29) is 35.3 Å². The summed E-state index contributed by atoms with van der Waals surface area (Å²) >= 11 is 0. The molecule has 9 heteroatoms. The SMILES string of the molecule is O=C(Nc1ccccc1)C1CCN(C(=O)c2ccc(S(=O)(=O)NC[C@@H]3CCCO3)cc2)CC1. The van der Waals surface area contributed by atoms with E-state index in [4.69, 9.17) is 4.74 Å². The highest BCUT2D eigenvalue weighted by molar-refractivity contribution is 7.89. The number of nitrogens with zero attached hydrogens (tertiary/aromatic N) is 1. The number of likely N-dealkylation sites (tertiary alicyclic amines) is 1. The van der Waals surface area contributed by atoms with Gasteiger partial charge in [-0.25, -0.2) is 13.1 Å². The summed E-state index contributed by atoms with van der Waals surface area (Å²) in [5.74, 6) is -0.330. The number of piperidine rings is 1. The van der Waals surface area contributed by atoms with Gasteiger partial charge in [-0.3, -0.25) is 9.59 Å². The maximum Gasteiger partial charge on any atom is 0.253 e. The van der Waals surface area contributed by atoms with Crippen molar-refractivity contribution in [2.24, 2.45) is 5.92 Å². The highest BCUT2D eigenvalue weighted by Gasteiger charge is 2.28. The number of anilines is 1. The molecule has 2 N–H and O–H groups in total. The van der Waals surface area contributed by atoms with E-state index < -0.39 is 10.0 Å². The number of hydrogen-bond donors (Lipinski definition) is 2. The van der Waals surface area contributed by atoms with Gasteiger partial charge in [0.1, 0.15) is 0 Å². The molecule has 0 radical (unpaired) electrons. The minimum atomic E-state index is -3.66. The molecule has 0 aromatic heterocycles. The lowest BCUT2D eigenvalue weighted by Crippen LogP contribution is -2.41. The molecule has 2 saturated heterocycles. The van der Waals surface area contributed by atoms with Crippen LogP contribution in [0, 0.1) is 5.92 Å². The Kier molecular flexibility index (Phi) is 7.42. The molecule has 33 heavy (non-hydrogen) atoms. The van der Waals surface area contributed by atoms with Crippen LogP contribution in [0.2, 0.25) is 0 Å². The van der Waals surface area contributed by atoms with Crippen LogP contribution in [0.25, 0.3) is 0 Å². The van der Waals surface area contributed by atoms with E-state index in [0.29, 0.717) is 38.1 Å². The molecule has 1 atom stereocenters. The van der Waals surface area contributed by atoms with Crippen molar-refractivity contribution in [3.05, 3.63) is 60.2 Å². The topological polar surface area (TPSA) is 105 Å². The second-order valence-electron chi connectivity index (χ2n) is 8.43. The summed E-state index contributed by atoms with van der Waals surface area (Å²) in [6, 6.07) is 15.3. The fraction of sp³-hybridized carbons (Fsp3) is 0.417. The van der Waals surface area contributed by atoms with Crippen molar-refractivity contribution in [1.82, 2.24) is 9.62 Å². The number of ether oxygens (including phenoxy) is 1. The molecular formula is C24H29N3O5S. The molecule has 2 aromatic carbocycles. The molecule has 0 saturated carbocycles. The number of carbonyl (C=O) groups is 2. The lowest BCUT2D eigenvalue weighted by atomic mass is 9.95. The van der Waals surface area contributed by atoms with E-state index in [1.54, 1.807) is 4.90 Å². The zero-order chi connectivity index (χ0) is 23.3. The molecule has 2 aliphatic heterocycles. The second kappa shape index (κ2) is 10.5. The first-order valence-corrected chi connectivity index (χ1v) is 12.8. The molecule has 0 spiro atoms. The quantitative estimate of drug-likeness (QED) is 0.646. The number of rotatable bonds is 7. The molecule has 2 fully saturated rings. The first kappa shape index (κ1) is 23.4. The summed E-state index contributed by atoms with van der Waals surface area (Å²) < 4.78 is 33.0.